The molecule has 1 atom stereocenters. The zero-order chi connectivity index (χ0) is 30.2. The monoisotopic (exact) mass is 600 g/mol. The smallest absolute Gasteiger partial charge is 0.271 e. The van der Waals surface area contributed by atoms with Gasteiger partial charge in [0.15, 0.2) is 0 Å². The molecule has 3 aromatic carbocycles. The van der Waals surface area contributed by atoms with Crippen molar-refractivity contribution in [3.05, 3.63) is 105 Å². The van der Waals surface area contributed by atoms with Crippen LogP contribution in [0.15, 0.2) is 72.8 Å². The Kier molecular flexibility index (Phi) is 10.8. The quantitative estimate of drug-likeness (QED) is 0.227. The van der Waals surface area contributed by atoms with Gasteiger partial charge < -0.3 is 10.2 Å². The summed E-state index contributed by atoms with van der Waals surface area (Å²) in [6.45, 7) is 3.14. The van der Waals surface area contributed by atoms with Gasteiger partial charge in [-0.2, -0.15) is 0 Å². The highest BCUT2D eigenvalue weighted by molar-refractivity contribution is 7.92. The maximum Gasteiger partial charge on any atom is 0.271 e. The summed E-state index contributed by atoms with van der Waals surface area (Å²) in [5, 5.41) is 14.7. The number of carbonyl (C=O) groups excluding carboxylic acids is 2. The first-order chi connectivity index (χ1) is 19.4. The molecule has 2 amide bonds. The second-order valence-corrected chi connectivity index (χ2v) is 11.9. The topological polar surface area (TPSA) is 130 Å². The van der Waals surface area contributed by atoms with Gasteiger partial charge in [0.05, 0.1) is 16.9 Å². The van der Waals surface area contributed by atoms with E-state index in [1.807, 2.05) is 37.3 Å². The zero-order valence-electron chi connectivity index (χ0n) is 23.1. The third kappa shape index (κ3) is 8.51. The molecule has 3 aromatic rings. The maximum atomic E-state index is 14.1. The molecule has 3 rings (SSSR count). The molecule has 0 bridgehead atoms. The van der Waals surface area contributed by atoms with E-state index in [2.05, 4.69) is 5.32 Å². The Morgan fingerprint density at radius 2 is 1.71 bits per heavy atom. The molecular formula is C29H33ClN4O6S. The van der Waals surface area contributed by atoms with Crippen LogP contribution in [0.3, 0.4) is 0 Å². The SMILES string of the molecule is CCCNC(=O)[C@@H](Cc1ccccc1)N(Cc1ccccc1Cl)C(=O)CN(c1cc([N+](=O)[O-])ccc1C)S(C)(=O)=O. The third-order valence-corrected chi connectivity index (χ3v) is 7.97. The van der Waals surface area contributed by atoms with Crippen LogP contribution in [-0.2, 0) is 32.6 Å². The number of aryl methyl sites for hydroxylation is 1. The van der Waals surface area contributed by atoms with Gasteiger partial charge in [0.25, 0.3) is 5.69 Å². The highest BCUT2D eigenvalue weighted by Gasteiger charge is 2.34. The molecule has 0 radical (unpaired) electrons. The number of hydrogen-bond donors (Lipinski definition) is 1. The highest BCUT2D eigenvalue weighted by Crippen LogP contribution is 2.28. The number of benzene rings is 3. The molecule has 0 aliphatic rings. The minimum absolute atomic E-state index is 0.00258. The van der Waals surface area contributed by atoms with Gasteiger partial charge in [0.2, 0.25) is 21.8 Å². The predicted molar refractivity (Wildman–Crippen MR) is 159 cm³/mol. The Hall–Kier alpha value is -3.96. The van der Waals surface area contributed by atoms with Crippen LogP contribution in [0.25, 0.3) is 0 Å². The highest BCUT2D eigenvalue weighted by atomic mass is 35.5. The van der Waals surface area contributed by atoms with Gasteiger partial charge in [0, 0.05) is 36.7 Å². The van der Waals surface area contributed by atoms with E-state index < -0.39 is 39.3 Å². The second-order valence-electron chi connectivity index (χ2n) is 9.61. The van der Waals surface area contributed by atoms with Crippen LogP contribution < -0.4 is 9.62 Å². The van der Waals surface area contributed by atoms with Gasteiger partial charge in [-0.15, -0.1) is 0 Å². The number of nitrogens with one attached hydrogen (secondary N) is 1. The number of sulfonamides is 1. The summed E-state index contributed by atoms with van der Waals surface area (Å²) in [6.07, 6.45) is 1.77. The normalized spacial score (nSPS) is 11.9. The Balaban J connectivity index is 2.10. The van der Waals surface area contributed by atoms with Crippen LogP contribution in [0.2, 0.25) is 5.02 Å². The Labute approximate surface area is 245 Å². The fourth-order valence-electron chi connectivity index (χ4n) is 4.30. The molecule has 0 aromatic heterocycles. The summed E-state index contributed by atoms with van der Waals surface area (Å²) in [7, 11) is -4.07. The zero-order valence-corrected chi connectivity index (χ0v) is 24.7. The van der Waals surface area contributed by atoms with Crippen molar-refractivity contribution in [2.75, 3.05) is 23.7 Å². The standard InChI is InChI=1S/C29H33ClN4O6S/c1-4-16-31-29(36)27(17-22-10-6-5-7-11-22)32(19-23-12-8-9-13-25(23)30)28(35)20-33(41(3,39)40)26-18-24(34(37)38)15-14-21(26)2/h5-15,18,27H,4,16-17,19-20H2,1-3H3,(H,31,36)/t27-/m1/s1. The van der Waals surface area contributed by atoms with E-state index in [4.69, 9.17) is 11.6 Å². The summed E-state index contributed by atoms with van der Waals surface area (Å²) < 4.78 is 26.7. The van der Waals surface area contributed by atoms with Crippen molar-refractivity contribution in [1.29, 1.82) is 0 Å². The van der Waals surface area contributed by atoms with E-state index in [0.717, 1.165) is 22.2 Å². The minimum atomic E-state index is -4.07. The molecule has 10 nitrogen and oxygen atoms in total. The van der Waals surface area contributed by atoms with E-state index in [0.29, 0.717) is 29.1 Å². The number of carbonyl (C=O) groups is 2. The van der Waals surface area contributed by atoms with Crippen molar-refractivity contribution < 1.29 is 22.9 Å². The lowest BCUT2D eigenvalue weighted by Gasteiger charge is -2.34. The summed E-state index contributed by atoms with van der Waals surface area (Å²) >= 11 is 6.43. The van der Waals surface area contributed by atoms with E-state index in [1.165, 1.54) is 17.0 Å². The van der Waals surface area contributed by atoms with Gasteiger partial charge in [0.1, 0.15) is 12.6 Å². The molecule has 12 heteroatoms. The number of rotatable bonds is 13. The van der Waals surface area contributed by atoms with Crippen LogP contribution in [0.4, 0.5) is 11.4 Å². The lowest BCUT2D eigenvalue weighted by molar-refractivity contribution is -0.384. The number of non-ortho nitro benzene ring substituents is 1. The van der Waals surface area contributed by atoms with Crippen molar-refractivity contribution in [3.8, 4) is 0 Å². The molecule has 0 aliphatic carbocycles. The van der Waals surface area contributed by atoms with Crippen molar-refractivity contribution in [2.24, 2.45) is 0 Å². The summed E-state index contributed by atoms with van der Waals surface area (Å²) in [4.78, 5) is 39.7. The van der Waals surface area contributed by atoms with Crippen molar-refractivity contribution in [1.82, 2.24) is 10.2 Å². The summed E-state index contributed by atoms with van der Waals surface area (Å²) in [6, 6.07) is 18.9. The number of anilines is 1. The maximum absolute atomic E-state index is 14.1. The number of nitro groups is 1. The fourth-order valence-corrected chi connectivity index (χ4v) is 5.40. The molecule has 0 saturated carbocycles. The molecule has 0 spiro atoms. The summed E-state index contributed by atoms with van der Waals surface area (Å²) in [5.74, 6) is -1.07. The number of nitro benzene ring substituents is 1. The Morgan fingerprint density at radius 1 is 1.05 bits per heavy atom. The lowest BCUT2D eigenvalue weighted by Crippen LogP contribution is -2.53. The van der Waals surface area contributed by atoms with Crippen LogP contribution in [0, 0.1) is 17.0 Å². The summed E-state index contributed by atoms with van der Waals surface area (Å²) in [5.41, 5.74) is 1.48. The number of halogens is 1. The first-order valence-electron chi connectivity index (χ1n) is 13.0. The van der Waals surface area contributed by atoms with Gasteiger partial charge in [-0.25, -0.2) is 8.42 Å². The van der Waals surface area contributed by atoms with E-state index >= 15 is 0 Å². The second kappa shape index (κ2) is 14.1. The van der Waals surface area contributed by atoms with Crippen LogP contribution in [0.1, 0.15) is 30.0 Å². The molecule has 0 fully saturated rings. The molecule has 1 N–H and O–H groups in total. The first-order valence-corrected chi connectivity index (χ1v) is 15.2. The van der Waals surface area contributed by atoms with Crippen LogP contribution >= 0.6 is 11.6 Å². The van der Waals surface area contributed by atoms with E-state index in [1.54, 1.807) is 31.2 Å². The fraction of sp³-hybridized carbons (Fsp3) is 0.310. The molecule has 0 saturated heterocycles. The van der Waals surface area contributed by atoms with E-state index in [9.17, 15) is 28.1 Å². The number of hydrogen-bond acceptors (Lipinski definition) is 6. The largest absolute Gasteiger partial charge is 0.354 e. The Morgan fingerprint density at radius 3 is 2.32 bits per heavy atom. The average Bonchev–Trinajstić information content (AvgIpc) is 2.93. The number of nitrogens with zero attached hydrogens (tertiary/aromatic N) is 3. The molecule has 0 heterocycles. The number of amides is 2. The van der Waals surface area contributed by atoms with Crippen molar-refractivity contribution in [3.63, 3.8) is 0 Å². The minimum Gasteiger partial charge on any atom is -0.354 e. The molecule has 218 valence electrons. The van der Waals surface area contributed by atoms with Crippen molar-refractivity contribution >= 4 is 44.8 Å². The van der Waals surface area contributed by atoms with Crippen LogP contribution in [0.5, 0.6) is 0 Å². The molecular weight excluding hydrogens is 568 g/mol. The van der Waals surface area contributed by atoms with Crippen molar-refractivity contribution in [2.45, 2.75) is 39.3 Å². The van der Waals surface area contributed by atoms with Gasteiger partial charge >= 0.3 is 0 Å². The Bertz CT molecular complexity index is 1500. The van der Waals surface area contributed by atoms with Gasteiger partial charge in [-0.05, 0) is 36.1 Å². The third-order valence-electron chi connectivity index (χ3n) is 6.47. The van der Waals surface area contributed by atoms with Gasteiger partial charge in [-0.1, -0.05) is 73.1 Å². The van der Waals surface area contributed by atoms with Gasteiger partial charge in [-0.3, -0.25) is 24.0 Å². The lowest BCUT2D eigenvalue weighted by atomic mass is 10.0. The molecule has 0 unspecified atom stereocenters. The predicted octanol–water partition coefficient (Wildman–Crippen LogP) is 4.49. The average molecular weight is 601 g/mol. The van der Waals surface area contributed by atoms with E-state index in [-0.39, 0.29) is 24.3 Å². The first kappa shape index (κ1) is 31.6. The molecule has 41 heavy (non-hydrogen) atoms. The molecule has 0 aliphatic heterocycles. The van der Waals surface area contributed by atoms with Crippen LogP contribution in [-0.4, -0.2) is 55.4 Å².